The monoisotopic (exact) mass is 407 g/mol. The van der Waals surface area contributed by atoms with Gasteiger partial charge in [0.15, 0.2) is 5.76 Å². The Morgan fingerprint density at radius 3 is 1.82 bits per heavy atom. The van der Waals surface area contributed by atoms with Crippen LogP contribution in [0, 0.1) is 0 Å². The second kappa shape index (κ2) is 16.7. The molecule has 28 heavy (non-hydrogen) atoms. The van der Waals surface area contributed by atoms with Crippen LogP contribution in [0.1, 0.15) is 109 Å². The molecular formula is C24H40O3P+. The van der Waals surface area contributed by atoms with Crippen molar-refractivity contribution in [2.45, 2.75) is 104 Å². The molecule has 0 aromatic heterocycles. The van der Waals surface area contributed by atoms with Crippen molar-refractivity contribution >= 4 is 13.8 Å². The maximum Gasteiger partial charge on any atom is 0.747 e. The van der Waals surface area contributed by atoms with Crippen molar-refractivity contribution in [3.63, 3.8) is 0 Å². The van der Waals surface area contributed by atoms with Gasteiger partial charge in [0.05, 0.1) is 0 Å². The number of rotatable bonds is 17. The fourth-order valence-electron chi connectivity index (χ4n) is 3.58. The molecule has 0 saturated heterocycles. The van der Waals surface area contributed by atoms with E-state index in [0.717, 1.165) is 49.0 Å². The van der Waals surface area contributed by atoms with Crippen LogP contribution in [0.5, 0.6) is 0 Å². The van der Waals surface area contributed by atoms with Gasteiger partial charge in [-0.2, -0.15) is 0 Å². The van der Waals surface area contributed by atoms with Crippen LogP contribution in [-0.2, 0) is 9.09 Å². The molecule has 0 spiro atoms. The van der Waals surface area contributed by atoms with Crippen molar-refractivity contribution in [3.05, 3.63) is 41.7 Å². The highest BCUT2D eigenvalue weighted by Gasteiger charge is 2.21. The third kappa shape index (κ3) is 11.6. The van der Waals surface area contributed by atoms with Crippen molar-refractivity contribution in [1.82, 2.24) is 0 Å². The molecular weight excluding hydrogens is 367 g/mol. The van der Waals surface area contributed by atoms with Crippen molar-refractivity contribution in [3.8, 4) is 0 Å². The average Bonchev–Trinajstić information content (AvgIpc) is 2.70. The fraction of sp³-hybridized carbons (Fsp3) is 0.667. The zero-order valence-electron chi connectivity index (χ0n) is 18.0. The Morgan fingerprint density at radius 2 is 1.29 bits per heavy atom. The van der Waals surface area contributed by atoms with Gasteiger partial charge in [0, 0.05) is 16.6 Å². The highest BCUT2D eigenvalue weighted by atomic mass is 31.1. The van der Waals surface area contributed by atoms with Crippen LogP contribution >= 0.6 is 8.25 Å². The minimum absolute atomic E-state index is 0.721. The standard InChI is InChI=1S/C24H39O3P/c1-3-5-7-9-11-16-20-23(22-18-14-13-15-19-22)24(27-28(25)26)21-17-12-10-8-6-4-2/h13-15,18-19H,3-12,16-17,20-21H2,1-2H3/p+1. The zero-order valence-corrected chi connectivity index (χ0v) is 18.9. The molecule has 1 atom stereocenters. The van der Waals surface area contributed by atoms with Crippen LogP contribution in [0.3, 0.4) is 0 Å². The Balaban J connectivity index is 2.77. The number of benzene rings is 1. The highest BCUT2D eigenvalue weighted by Crippen LogP contribution is 2.34. The van der Waals surface area contributed by atoms with Crippen LogP contribution in [0.15, 0.2) is 36.1 Å². The summed E-state index contributed by atoms with van der Waals surface area (Å²) in [6.45, 7) is 4.46. The Morgan fingerprint density at radius 1 is 0.786 bits per heavy atom. The van der Waals surface area contributed by atoms with Gasteiger partial charge in [-0.25, -0.2) is 4.52 Å². The first-order chi connectivity index (χ1) is 13.7. The van der Waals surface area contributed by atoms with Gasteiger partial charge in [0.1, 0.15) is 0 Å². The summed E-state index contributed by atoms with van der Waals surface area (Å²) in [5, 5.41) is 0. The smallest absolute Gasteiger partial charge is 0.234 e. The predicted molar refractivity (Wildman–Crippen MR) is 120 cm³/mol. The van der Waals surface area contributed by atoms with Crippen molar-refractivity contribution in [2.75, 3.05) is 0 Å². The number of unbranched alkanes of at least 4 members (excludes halogenated alkanes) is 10. The molecule has 0 saturated carbocycles. The molecule has 3 nitrogen and oxygen atoms in total. The molecule has 0 fully saturated rings. The van der Waals surface area contributed by atoms with E-state index in [2.05, 4.69) is 26.0 Å². The molecule has 0 radical (unpaired) electrons. The Bertz CT molecular complexity index is 554. The second-order valence-corrected chi connectivity index (χ2v) is 8.29. The van der Waals surface area contributed by atoms with Gasteiger partial charge in [0.2, 0.25) is 0 Å². The van der Waals surface area contributed by atoms with E-state index in [4.69, 9.17) is 4.52 Å². The molecule has 0 bridgehead atoms. The first-order valence-corrected chi connectivity index (χ1v) is 12.4. The number of allylic oxidation sites excluding steroid dienone is 2. The molecule has 1 N–H and O–H groups in total. The molecule has 158 valence electrons. The van der Waals surface area contributed by atoms with E-state index < -0.39 is 8.25 Å². The summed E-state index contributed by atoms with van der Waals surface area (Å²) in [4.78, 5) is 9.41. The van der Waals surface area contributed by atoms with Crippen LogP contribution in [0.4, 0.5) is 0 Å². The van der Waals surface area contributed by atoms with Gasteiger partial charge in [-0.05, 0) is 24.8 Å². The lowest BCUT2D eigenvalue weighted by Crippen LogP contribution is -1.96. The van der Waals surface area contributed by atoms with Gasteiger partial charge in [-0.1, -0.05) is 108 Å². The molecule has 0 aliphatic rings. The van der Waals surface area contributed by atoms with E-state index in [0.29, 0.717) is 0 Å². The predicted octanol–water partition coefficient (Wildman–Crippen LogP) is 8.57. The third-order valence-corrected chi connectivity index (χ3v) is 5.56. The van der Waals surface area contributed by atoms with Gasteiger partial charge < -0.3 is 0 Å². The van der Waals surface area contributed by atoms with Crippen molar-refractivity contribution in [1.29, 1.82) is 0 Å². The minimum Gasteiger partial charge on any atom is -0.234 e. The molecule has 0 aliphatic heterocycles. The molecule has 0 heterocycles. The third-order valence-electron chi connectivity index (χ3n) is 5.18. The highest BCUT2D eigenvalue weighted by molar-refractivity contribution is 7.32. The van der Waals surface area contributed by atoms with Crippen LogP contribution < -0.4 is 0 Å². The summed E-state index contributed by atoms with van der Waals surface area (Å²) in [6.07, 6.45) is 16.3. The van der Waals surface area contributed by atoms with Crippen LogP contribution in [0.25, 0.3) is 5.57 Å². The van der Waals surface area contributed by atoms with Crippen molar-refractivity contribution in [2.24, 2.45) is 0 Å². The molecule has 0 aliphatic carbocycles. The van der Waals surface area contributed by atoms with E-state index in [1.165, 1.54) is 57.8 Å². The van der Waals surface area contributed by atoms with Crippen molar-refractivity contribution < 1.29 is 14.0 Å². The molecule has 1 rings (SSSR count). The number of hydrogen-bond acceptors (Lipinski definition) is 2. The first-order valence-electron chi connectivity index (χ1n) is 11.3. The van der Waals surface area contributed by atoms with E-state index in [9.17, 15) is 9.46 Å². The fourth-order valence-corrected chi connectivity index (χ4v) is 3.97. The summed E-state index contributed by atoms with van der Waals surface area (Å²) in [6, 6.07) is 10.2. The van der Waals surface area contributed by atoms with Gasteiger partial charge in [-0.15, -0.1) is 4.89 Å². The largest absolute Gasteiger partial charge is 0.747 e. The normalized spacial score (nSPS) is 12.6. The van der Waals surface area contributed by atoms with E-state index in [1.807, 2.05) is 18.2 Å². The number of hydrogen-bond donors (Lipinski definition) is 1. The maximum absolute atomic E-state index is 11.5. The summed E-state index contributed by atoms with van der Waals surface area (Å²) in [7, 11) is -2.63. The zero-order chi connectivity index (χ0) is 20.5. The van der Waals surface area contributed by atoms with Gasteiger partial charge in [-0.3, -0.25) is 0 Å². The molecule has 1 aromatic rings. The Hall–Kier alpha value is -1.18. The second-order valence-electron chi connectivity index (χ2n) is 7.63. The van der Waals surface area contributed by atoms with E-state index in [-0.39, 0.29) is 0 Å². The lowest BCUT2D eigenvalue weighted by molar-refractivity contribution is 0.338. The molecule has 0 amide bonds. The summed E-state index contributed by atoms with van der Waals surface area (Å²) in [5.74, 6) is 0.721. The lowest BCUT2D eigenvalue weighted by atomic mass is 9.96. The topological polar surface area (TPSA) is 46.5 Å². The molecule has 1 aromatic carbocycles. The minimum atomic E-state index is -2.63. The van der Waals surface area contributed by atoms with E-state index in [1.54, 1.807) is 0 Å². The first kappa shape index (κ1) is 24.9. The SMILES string of the molecule is CCCCCCCCC(O[P+](=O)O)=C(CCCCCCCC)c1ccccc1. The quantitative estimate of drug-likeness (QED) is 0.160. The van der Waals surface area contributed by atoms with Gasteiger partial charge >= 0.3 is 8.25 Å². The van der Waals surface area contributed by atoms with Gasteiger partial charge in [0.25, 0.3) is 0 Å². The average molecular weight is 408 g/mol. The summed E-state index contributed by atoms with van der Waals surface area (Å²) < 4.78 is 16.9. The van der Waals surface area contributed by atoms with Crippen LogP contribution in [0.2, 0.25) is 0 Å². The Kier molecular flexibility index (Phi) is 14.9. The maximum atomic E-state index is 11.5. The Labute approximate surface area is 173 Å². The molecule has 4 heteroatoms. The van der Waals surface area contributed by atoms with E-state index >= 15 is 0 Å². The summed E-state index contributed by atoms with van der Waals surface area (Å²) >= 11 is 0. The lowest BCUT2D eigenvalue weighted by Gasteiger charge is -2.12. The molecule has 1 unspecified atom stereocenters. The summed E-state index contributed by atoms with van der Waals surface area (Å²) in [5.41, 5.74) is 2.23. The van der Waals surface area contributed by atoms with Crippen LogP contribution in [-0.4, -0.2) is 4.89 Å².